The third-order valence-electron chi connectivity index (χ3n) is 4.79. The van der Waals surface area contributed by atoms with E-state index in [-0.39, 0.29) is 12.5 Å². The third-order valence-corrected chi connectivity index (χ3v) is 6.14. The molecule has 2 heterocycles. The van der Waals surface area contributed by atoms with E-state index in [1.807, 2.05) is 54.6 Å². The molecule has 5 aromatic rings. The summed E-state index contributed by atoms with van der Waals surface area (Å²) in [5, 5.41) is 1.09. The molecule has 0 unspecified atom stereocenters. The van der Waals surface area contributed by atoms with Crippen LogP contribution in [0.15, 0.2) is 95.6 Å². The molecule has 0 bridgehead atoms. The van der Waals surface area contributed by atoms with Crippen LogP contribution < -0.4 is 9.64 Å². The number of amides is 1. The number of fused-ring (bicyclic) bond motifs is 1. The van der Waals surface area contributed by atoms with Gasteiger partial charge in [-0.15, -0.1) is 0 Å². The van der Waals surface area contributed by atoms with E-state index in [1.165, 1.54) is 11.3 Å². The van der Waals surface area contributed by atoms with Crippen molar-refractivity contribution in [1.82, 2.24) is 4.98 Å². The number of para-hydroxylation sites is 2. The Balaban J connectivity index is 1.50. The van der Waals surface area contributed by atoms with Gasteiger partial charge in [-0.2, -0.15) is 0 Å². The van der Waals surface area contributed by atoms with Gasteiger partial charge in [-0.25, -0.2) is 4.98 Å². The molecule has 0 radical (unpaired) electrons. The Hall–Kier alpha value is -3.61. The van der Waals surface area contributed by atoms with Gasteiger partial charge >= 0.3 is 0 Å². The van der Waals surface area contributed by atoms with Gasteiger partial charge in [-0.3, -0.25) is 9.69 Å². The van der Waals surface area contributed by atoms with E-state index in [0.29, 0.717) is 38.5 Å². The number of furan rings is 1. The van der Waals surface area contributed by atoms with Gasteiger partial charge in [0.15, 0.2) is 5.13 Å². The average Bonchev–Trinajstić information content (AvgIpc) is 3.48. The Bertz CT molecular complexity index is 1370. The van der Waals surface area contributed by atoms with Gasteiger partial charge in [0.25, 0.3) is 5.91 Å². The van der Waals surface area contributed by atoms with Crippen molar-refractivity contribution in [3.63, 3.8) is 0 Å². The molecule has 5 rings (SSSR count). The predicted molar refractivity (Wildman–Crippen MR) is 127 cm³/mol. The second-order valence-electron chi connectivity index (χ2n) is 7.00. The summed E-state index contributed by atoms with van der Waals surface area (Å²) in [6.07, 6.45) is 1.58. The molecule has 1 amide bonds. The largest absolute Gasteiger partial charge is 0.467 e. The second kappa shape index (κ2) is 8.86. The van der Waals surface area contributed by atoms with Crippen LogP contribution in [0, 0.1) is 0 Å². The summed E-state index contributed by atoms with van der Waals surface area (Å²) >= 11 is 7.73. The zero-order valence-corrected chi connectivity index (χ0v) is 18.3. The highest BCUT2D eigenvalue weighted by Crippen LogP contribution is 2.34. The molecule has 5 nitrogen and oxygen atoms in total. The first-order chi connectivity index (χ1) is 15.7. The maximum absolute atomic E-state index is 13.6. The van der Waals surface area contributed by atoms with E-state index in [0.717, 1.165) is 4.70 Å². The van der Waals surface area contributed by atoms with Crippen molar-refractivity contribution in [2.75, 3.05) is 4.90 Å². The molecule has 0 fully saturated rings. The van der Waals surface area contributed by atoms with Gasteiger partial charge in [-0.05, 0) is 54.6 Å². The number of anilines is 1. The zero-order chi connectivity index (χ0) is 21.9. The van der Waals surface area contributed by atoms with Crippen LogP contribution in [-0.4, -0.2) is 10.9 Å². The first kappa shape index (κ1) is 20.3. The minimum Gasteiger partial charge on any atom is -0.467 e. The van der Waals surface area contributed by atoms with Gasteiger partial charge < -0.3 is 9.15 Å². The maximum atomic E-state index is 13.6. The highest BCUT2D eigenvalue weighted by molar-refractivity contribution is 7.22. The van der Waals surface area contributed by atoms with Crippen molar-refractivity contribution in [1.29, 1.82) is 0 Å². The van der Waals surface area contributed by atoms with Crippen LogP contribution in [0.3, 0.4) is 0 Å². The van der Waals surface area contributed by atoms with E-state index in [1.54, 1.807) is 41.5 Å². The van der Waals surface area contributed by atoms with Crippen LogP contribution in [0.1, 0.15) is 16.1 Å². The lowest BCUT2D eigenvalue weighted by Gasteiger charge is -2.19. The van der Waals surface area contributed by atoms with E-state index < -0.39 is 0 Å². The maximum Gasteiger partial charge on any atom is 0.260 e. The minimum atomic E-state index is -0.213. The predicted octanol–water partition coefficient (Wildman–Crippen LogP) is 7.18. The molecule has 32 heavy (non-hydrogen) atoms. The molecule has 3 aromatic carbocycles. The Morgan fingerprint density at radius 1 is 0.969 bits per heavy atom. The molecular formula is C25H17ClN2O3S. The number of hydrogen-bond donors (Lipinski definition) is 0. The first-order valence-electron chi connectivity index (χ1n) is 9.90. The molecule has 0 saturated heterocycles. The fourth-order valence-electron chi connectivity index (χ4n) is 3.28. The van der Waals surface area contributed by atoms with Gasteiger partial charge in [0.2, 0.25) is 0 Å². The first-order valence-corrected chi connectivity index (χ1v) is 11.1. The van der Waals surface area contributed by atoms with Crippen LogP contribution in [0.2, 0.25) is 5.02 Å². The van der Waals surface area contributed by atoms with Crippen molar-refractivity contribution < 1.29 is 13.9 Å². The number of carbonyl (C=O) groups is 1. The third kappa shape index (κ3) is 4.23. The topological polar surface area (TPSA) is 55.6 Å². The van der Waals surface area contributed by atoms with Crippen LogP contribution >= 0.6 is 22.9 Å². The number of thiazole rings is 1. The summed E-state index contributed by atoms with van der Waals surface area (Å²) in [5.41, 5.74) is 1.16. The smallest absolute Gasteiger partial charge is 0.260 e. The van der Waals surface area contributed by atoms with Gasteiger partial charge in [0.05, 0.1) is 22.5 Å². The van der Waals surface area contributed by atoms with E-state index >= 15 is 0 Å². The SMILES string of the molecule is O=C(c1cccc(Oc2ccccc2)c1)N(Cc1ccco1)c1nc2c(Cl)cccc2s1. The Labute approximate surface area is 193 Å². The van der Waals surface area contributed by atoms with Crippen LogP contribution in [-0.2, 0) is 6.54 Å². The van der Waals surface area contributed by atoms with E-state index in [4.69, 9.17) is 20.8 Å². The van der Waals surface area contributed by atoms with Crippen LogP contribution in [0.4, 0.5) is 5.13 Å². The highest BCUT2D eigenvalue weighted by Gasteiger charge is 2.23. The van der Waals surface area contributed by atoms with Crippen molar-refractivity contribution in [3.05, 3.63) is 108 Å². The number of carbonyl (C=O) groups excluding carboxylic acids is 1. The molecule has 0 saturated carbocycles. The Morgan fingerprint density at radius 3 is 2.56 bits per heavy atom. The lowest BCUT2D eigenvalue weighted by atomic mass is 10.2. The quantitative estimate of drug-likeness (QED) is 0.269. The number of hydrogen-bond acceptors (Lipinski definition) is 5. The molecule has 0 aliphatic carbocycles. The number of aromatic nitrogens is 1. The van der Waals surface area contributed by atoms with Gasteiger partial charge in [0, 0.05) is 5.56 Å². The molecule has 0 N–H and O–H groups in total. The molecule has 0 aliphatic heterocycles. The van der Waals surface area contributed by atoms with Crippen molar-refractivity contribution >= 4 is 44.2 Å². The van der Waals surface area contributed by atoms with Crippen LogP contribution in [0.25, 0.3) is 10.2 Å². The summed E-state index contributed by atoms with van der Waals surface area (Å²) in [6, 6.07) is 25.8. The molecule has 0 atom stereocenters. The molecule has 158 valence electrons. The van der Waals surface area contributed by atoms with Crippen molar-refractivity contribution in [2.45, 2.75) is 6.54 Å². The summed E-state index contributed by atoms with van der Waals surface area (Å²) in [5.74, 6) is 1.72. The average molecular weight is 461 g/mol. The van der Waals surface area contributed by atoms with E-state index in [2.05, 4.69) is 4.98 Å². The van der Waals surface area contributed by atoms with Crippen molar-refractivity contribution in [3.8, 4) is 11.5 Å². The van der Waals surface area contributed by atoms with Crippen LogP contribution in [0.5, 0.6) is 11.5 Å². The van der Waals surface area contributed by atoms with Crippen molar-refractivity contribution in [2.24, 2.45) is 0 Å². The normalized spacial score (nSPS) is 10.9. The molecule has 0 spiro atoms. The highest BCUT2D eigenvalue weighted by atomic mass is 35.5. The van der Waals surface area contributed by atoms with Gasteiger partial charge in [0.1, 0.15) is 22.8 Å². The molecule has 0 aliphatic rings. The number of benzene rings is 3. The monoisotopic (exact) mass is 460 g/mol. The molecular weight excluding hydrogens is 444 g/mol. The Morgan fingerprint density at radius 2 is 1.78 bits per heavy atom. The molecule has 7 heteroatoms. The fraction of sp³-hybridized carbons (Fsp3) is 0.0400. The number of rotatable bonds is 6. The lowest BCUT2D eigenvalue weighted by molar-refractivity contribution is 0.0983. The lowest BCUT2D eigenvalue weighted by Crippen LogP contribution is -2.30. The summed E-state index contributed by atoms with van der Waals surface area (Å²) in [6.45, 7) is 0.243. The summed E-state index contributed by atoms with van der Waals surface area (Å²) in [4.78, 5) is 19.8. The summed E-state index contributed by atoms with van der Waals surface area (Å²) < 4.78 is 12.3. The van der Waals surface area contributed by atoms with E-state index in [9.17, 15) is 4.79 Å². The second-order valence-corrected chi connectivity index (χ2v) is 8.41. The fourth-order valence-corrected chi connectivity index (χ4v) is 4.54. The van der Waals surface area contributed by atoms with Gasteiger partial charge in [-0.1, -0.05) is 53.3 Å². The number of ether oxygens (including phenoxy) is 1. The standard InChI is InChI=1S/C25H17ClN2O3S/c26-21-12-5-13-22-23(21)27-25(32-22)28(16-20-11-6-14-30-20)24(29)17-7-4-10-19(15-17)31-18-8-2-1-3-9-18/h1-15H,16H2. The molecule has 2 aromatic heterocycles. The zero-order valence-electron chi connectivity index (χ0n) is 16.8. The minimum absolute atomic E-state index is 0.213. The number of nitrogens with zero attached hydrogens (tertiary/aromatic N) is 2. The Kier molecular flexibility index (Phi) is 5.62. The summed E-state index contributed by atoms with van der Waals surface area (Å²) in [7, 11) is 0. The number of halogens is 1.